The molecule has 3 rings (SSSR count). The zero-order valence-electron chi connectivity index (χ0n) is 18.4. The van der Waals surface area contributed by atoms with Gasteiger partial charge in [-0.25, -0.2) is 4.79 Å². The molecule has 0 aromatic heterocycles. The third kappa shape index (κ3) is 6.31. The van der Waals surface area contributed by atoms with Crippen molar-refractivity contribution in [2.75, 3.05) is 14.1 Å². The van der Waals surface area contributed by atoms with Gasteiger partial charge in [0.15, 0.2) is 0 Å². The Kier molecular flexibility index (Phi) is 7.69. The molecule has 0 radical (unpaired) electrons. The molecule has 1 aliphatic carbocycles. The van der Waals surface area contributed by atoms with Gasteiger partial charge in [-0.1, -0.05) is 60.7 Å². The van der Waals surface area contributed by atoms with E-state index in [1.807, 2.05) is 36.4 Å². The highest BCUT2D eigenvalue weighted by atomic mass is 16.4. The van der Waals surface area contributed by atoms with Crippen LogP contribution in [0.25, 0.3) is 0 Å². The van der Waals surface area contributed by atoms with Gasteiger partial charge in [-0.3, -0.25) is 4.79 Å². The first-order chi connectivity index (χ1) is 14.9. The Balaban J connectivity index is 1.61. The topological polar surface area (TPSA) is 81.7 Å². The van der Waals surface area contributed by atoms with E-state index in [1.165, 1.54) is 5.56 Å². The maximum Gasteiger partial charge on any atom is 0.405 e. The van der Waals surface area contributed by atoms with Gasteiger partial charge in [-0.2, -0.15) is 0 Å². The van der Waals surface area contributed by atoms with Crippen LogP contribution in [0.2, 0.25) is 0 Å². The second kappa shape index (κ2) is 10.4. The predicted molar refractivity (Wildman–Crippen MR) is 122 cm³/mol. The van der Waals surface area contributed by atoms with Crippen molar-refractivity contribution in [3.8, 4) is 0 Å². The fourth-order valence-corrected chi connectivity index (χ4v) is 4.57. The molecule has 1 saturated carbocycles. The molecule has 1 atom stereocenters. The van der Waals surface area contributed by atoms with Crippen LogP contribution in [0.1, 0.15) is 36.8 Å². The lowest BCUT2D eigenvalue weighted by molar-refractivity contribution is -0.124. The maximum absolute atomic E-state index is 12.9. The van der Waals surface area contributed by atoms with Crippen LogP contribution in [-0.4, -0.2) is 53.7 Å². The first-order valence-electron chi connectivity index (χ1n) is 10.9. The lowest BCUT2D eigenvalue weighted by atomic mass is 9.74. The average Bonchev–Trinajstić information content (AvgIpc) is 2.76. The highest BCUT2D eigenvalue weighted by Gasteiger charge is 2.38. The van der Waals surface area contributed by atoms with Crippen LogP contribution in [0, 0.1) is 0 Å². The van der Waals surface area contributed by atoms with Gasteiger partial charge in [0.25, 0.3) is 0 Å². The van der Waals surface area contributed by atoms with Crippen molar-refractivity contribution in [3.05, 3.63) is 71.8 Å². The van der Waals surface area contributed by atoms with Crippen molar-refractivity contribution in [2.24, 2.45) is 0 Å². The fraction of sp³-hybridized carbons (Fsp3) is 0.440. The highest BCUT2D eigenvalue weighted by Crippen LogP contribution is 2.35. The molecule has 31 heavy (non-hydrogen) atoms. The number of nitrogens with one attached hydrogen (secondary N) is 2. The maximum atomic E-state index is 12.9. The molecule has 2 aromatic carbocycles. The van der Waals surface area contributed by atoms with E-state index in [4.69, 9.17) is 0 Å². The Morgan fingerprint density at radius 1 is 1.00 bits per heavy atom. The first kappa shape index (κ1) is 22.8. The number of nitrogens with zero attached hydrogens (tertiary/aromatic N) is 1. The summed E-state index contributed by atoms with van der Waals surface area (Å²) in [5.41, 5.74) is 2.33. The smallest absolute Gasteiger partial charge is 0.405 e. The number of carbonyl (C=O) groups excluding carboxylic acids is 1. The number of carbonyl (C=O) groups is 2. The summed E-state index contributed by atoms with van der Waals surface area (Å²) in [6, 6.07) is 19.3. The van der Waals surface area contributed by atoms with Crippen molar-refractivity contribution in [1.82, 2.24) is 15.5 Å². The Labute approximate surface area is 184 Å². The third-order valence-corrected chi connectivity index (χ3v) is 6.48. The molecule has 0 heterocycles. The summed E-state index contributed by atoms with van der Waals surface area (Å²) in [7, 11) is 4.27. The third-order valence-electron chi connectivity index (χ3n) is 6.48. The van der Waals surface area contributed by atoms with E-state index in [0.717, 1.165) is 37.7 Å². The van der Waals surface area contributed by atoms with Crippen molar-refractivity contribution in [2.45, 2.75) is 56.1 Å². The Morgan fingerprint density at radius 3 is 2.06 bits per heavy atom. The van der Waals surface area contributed by atoms with E-state index in [9.17, 15) is 14.7 Å². The minimum atomic E-state index is -1.19. The second-order valence-electron chi connectivity index (χ2n) is 8.76. The van der Waals surface area contributed by atoms with E-state index in [-0.39, 0.29) is 17.5 Å². The number of benzene rings is 2. The van der Waals surface area contributed by atoms with Gasteiger partial charge in [-0.15, -0.1) is 0 Å². The standard InChI is InChI=1S/C25H33N3O3/c1-28(2)25(18-20-11-7-4-8-12-20)15-13-21(14-16-25)26-23(29)22(27-24(30)31)17-19-9-5-3-6-10-19/h3-12,21-22,27H,13-18H2,1-2H3,(H,26,29)(H,30,31). The Morgan fingerprint density at radius 2 is 1.55 bits per heavy atom. The van der Waals surface area contributed by atoms with Gasteiger partial charge in [0.2, 0.25) is 5.91 Å². The van der Waals surface area contributed by atoms with Crippen molar-refractivity contribution >= 4 is 12.0 Å². The molecule has 2 aromatic rings. The van der Waals surface area contributed by atoms with Crippen LogP contribution in [0.3, 0.4) is 0 Å². The molecular formula is C25H33N3O3. The van der Waals surface area contributed by atoms with Gasteiger partial charge >= 0.3 is 6.09 Å². The average molecular weight is 424 g/mol. The quantitative estimate of drug-likeness (QED) is 0.607. The van der Waals surface area contributed by atoms with Gasteiger partial charge in [-0.05, 0) is 57.3 Å². The van der Waals surface area contributed by atoms with Crippen molar-refractivity contribution in [1.29, 1.82) is 0 Å². The number of likely N-dealkylation sites (N-methyl/N-ethyl adjacent to an activating group) is 1. The molecule has 2 amide bonds. The van der Waals surface area contributed by atoms with Crippen LogP contribution in [0.15, 0.2) is 60.7 Å². The fourth-order valence-electron chi connectivity index (χ4n) is 4.57. The molecular weight excluding hydrogens is 390 g/mol. The Hall–Kier alpha value is -2.86. The second-order valence-corrected chi connectivity index (χ2v) is 8.76. The number of hydrogen-bond acceptors (Lipinski definition) is 3. The predicted octanol–water partition coefficient (Wildman–Crippen LogP) is 3.47. The van der Waals surface area contributed by atoms with Gasteiger partial charge in [0, 0.05) is 18.0 Å². The summed E-state index contributed by atoms with van der Waals surface area (Å²) in [6.45, 7) is 0. The minimum Gasteiger partial charge on any atom is -0.465 e. The monoisotopic (exact) mass is 423 g/mol. The number of amides is 2. The molecule has 0 saturated heterocycles. The summed E-state index contributed by atoms with van der Waals surface area (Å²) in [6.07, 6.45) is 3.85. The van der Waals surface area contributed by atoms with E-state index in [1.54, 1.807) is 0 Å². The lowest BCUT2D eigenvalue weighted by Gasteiger charge is -2.45. The van der Waals surface area contributed by atoms with Crippen LogP contribution >= 0.6 is 0 Å². The van der Waals surface area contributed by atoms with Crippen molar-refractivity contribution < 1.29 is 14.7 Å². The first-order valence-corrected chi connectivity index (χ1v) is 10.9. The molecule has 3 N–H and O–H groups in total. The summed E-state index contributed by atoms with van der Waals surface area (Å²) in [4.78, 5) is 26.4. The molecule has 1 aliphatic rings. The largest absolute Gasteiger partial charge is 0.465 e. The highest BCUT2D eigenvalue weighted by molar-refractivity contribution is 5.85. The molecule has 1 fully saturated rings. The number of hydrogen-bond donors (Lipinski definition) is 3. The normalized spacial score (nSPS) is 22.0. The van der Waals surface area contributed by atoms with Gasteiger partial charge in [0.1, 0.15) is 6.04 Å². The number of rotatable bonds is 8. The Bertz CT molecular complexity index is 847. The minimum absolute atomic E-state index is 0.0604. The molecule has 6 nitrogen and oxygen atoms in total. The summed E-state index contributed by atoms with van der Waals surface area (Å²) in [5.74, 6) is -0.253. The van der Waals surface area contributed by atoms with E-state index in [2.05, 4.69) is 53.9 Å². The SMILES string of the molecule is CN(C)C1(Cc2ccccc2)CCC(NC(=O)C(Cc2ccccc2)NC(=O)O)CC1. The number of carboxylic acid groups (broad SMARTS) is 1. The van der Waals surface area contributed by atoms with E-state index in [0.29, 0.717) is 6.42 Å². The molecule has 0 spiro atoms. The van der Waals surface area contributed by atoms with Crippen LogP contribution in [0.5, 0.6) is 0 Å². The van der Waals surface area contributed by atoms with Gasteiger partial charge in [0.05, 0.1) is 0 Å². The van der Waals surface area contributed by atoms with E-state index < -0.39 is 12.1 Å². The molecule has 1 unspecified atom stereocenters. The molecule has 0 bridgehead atoms. The molecule has 6 heteroatoms. The lowest BCUT2D eigenvalue weighted by Crippen LogP contribution is -2.55. The van der Waals surface area contributed by atoms with Crippen LogP contribution < -0.4 is 10.6 Å². The summed E-state index contributed by atoms with van der Waals surface area (Å²) in [5, 5.41) is 14.7. The summed E-state index contributed by atoms with van der Waals surface area (Å²) >= 11 is 0. The zero-order chi connectivity index (χ0) is 22.3. The molecule has 166 valence electrons. The summed E-state index contributed by atoms with van der Waals surface area (Å²) < 4.78 is 0. The van der Waals surface area contributed by atoms with E-state index >= 15 is 0 Å². The van der Waals surface area contributed by atoms with Crippen LogP contribution in [-0.2, 0) is 17.6 Å². The molecule has 0 aliphatic heterocycles. The van der Waals surface area contributed by atoms with Gasteiger partial charge < -0.3 is 20.6 Å². The van der Waals surface area contributed by atoms with Crippen LogP contribution in [0.4, 0.5) is 4.79 Å². The van der Waals surface area contributed by atoms with Crippen molar-refractivity contribution in [3.63, 3.8) is 0 Å². The zero-order valence-corrected chi connectivity index (χ0v) is 18.4.